The first-order valence-corrected chi connectivity index (χ1v) is 7.36. The molecule has 1 atom stereocenters. The fourth-order valence-electron chi connectivity index (χ4n) is 2.33. The molecule has 0 radical (unpaired) electrons. The molecule has 0 aromatic heterocycles. The van der Waals surface area contributed by atoms with Gasteiger partial charge in [0.05, 0.1) is 5.69 Å². The number of hydrogen-bond donors (Lipinski definition) is 0. The summed E-state index contributed by atoms with van der Waals surface area (Å²) in [6, 6.07) is 24.7. The van der Waals surface area contributed by atoms with Crippen LogP contribution < -0.4 is 10.2 Å². The van der Waals surface area contributed by atoms with E-state index in [2.05, 4.69) is 4.99 Å². The van der Waals surface area contributed by atoms with Crippen LogP contribution in [0.3, 0.4) is 0 Å². The minimum atomic E-state index is -1.09. The van der Waals surface area contributed by atoms with Crippen molar-refractivity contribution in [1.29, 1.82) is 0 Å². The smallest absolute Gasteiger partial charge is 0.872 e. The molecule has 4 nitrogen and oxygen atoms in total. The summed E-state index contributed by atoms with van der Waals surface area (Å²) < 4.78 is 0. The molecular formula is C20H17NNiO3. The Kier molecular flexibility index (Phi) is 8.03. The maximum Gasteiger partial charge on any atom is 2.00 e. The molecule has 0 amide bonds. The monoisotopic (exact) mass is 377 g/mol. The van der Waals surface area contributed by atoms with Crippen molar-refractivity contribution in [2.24, 2.45) is 4.99 Å². The standard InChI is InChI=1S/C20H16NO2.Ni.H2O/c22-18-13-11-17(12-14-18)21-19(15-7-3-1-4-8-15)20(23)16-9-5-2-6-10-16;;/h1-14,20,22H;;1H2/q-1;+2;/p-1. The van der Waals surface area contributed by atoms with Gasteiger partial charge in [-0.1, -0.05) is 84.5 Å². The van der Waals surface area contributed by atoms with Gasteiger partial charge >= 0.3 is 16.5 Å². The number of hydrogen-bond acceptors (Lipinski definition) is 3. The third-order valence-corrected chi connectivity index (χ3v) is 3.51. The normalized spacial score (nSPS) is 11.8. The van der Waals surface area contributed by atoms with Crippen LogP contribution in [0.4, 0.5) is 5.69 Å². The van der Waals surface area contributed by atoms with E-state index in [1.54, 1.807) is 24.3 Å². The minimum Gasteiger partial charge on any atom is -0.872 e. The van der Waals surface area contributed by atoms with Crippen molar-refractivity contribution >= 4 is 11.4 Å². The van der Waals surface area contributed by atoms with E-state index in [0.29, 0.717) is 17.0 Å². The predicted molar refractivity (Wildman–Crippen MR) is 91.3 cm³/mol. The van der Waals surface area contributed by atoms with Crippen LogP contribution in [-0.4, -0.2) is 11.2 Å². The van der Waals surface area contributed by atoms with Crippen LogP contribution in [0.1, 0.15) is 17.2 Å². The molecule has 1 unspecified atom stereocenters. The number of rotatable bonds is 4. The molecule has 0 saturated carbocycles. The van der Waals surface area contributed by atoms with Crippen molar-refractivity contribution in [2.45, 2.75) is 6.10 Å². The Morgan fingerprint density at radius 2 is 1.28 bits per heavy atom. The van der Waals surface area contributed by atoms with Gasteiger partial charge in [-0.15, -0.1) is 5.75 Å². The molecule has 3 aromatic carbocycles. The van der Waals surface area contributed by atoms with Gasteiger partial charge in [0.25, 0.3) is 0 Å². The molecule has 2 N–H and O–H groups in total. The molecule has 0 heterocycles. The quantitative estimate of drug-likeness (QED) is 0.514. The van der Waals surface area contributed by atoms with Gasteiger partial charge in [-0.25, -0.2) is 0 Å². The average Bonchev–Trinajstić information content (AvgIpc) is 2.62. The second kappa shape index (κ2) is 9.75. The topological polar surface area (TPSA) is 90.0 Å². The van der Waals surface area contributed by atoms with E-state index in [-0.39, 0.29) is 27.7 Å². The van der Waals surface area contributed by atoms with Crippen LogP contribution in [0.25, 0.3) is 0 Å². The van der Waals surface area contributed by atoms with Crippen LogP contribution in [0.2, 0.25) is 0 Å². The van der Waals surface area contributed by atoms with Crippen LogP contribution in [0.15, 0.2) is 89.9 Å². The number of benzene rings is 3. The minimum absolute atomic E-state index is 0. The third-order valence-electron chi connectivity index (χ3n) is 3.51. The predicted octanol–water partition coefficient (Wildman–Crippen LogP) is 2.16. The largest absolute Gasteiger partial charge is 2.00 e. The Morgan fingerprint density at radius 1 is 0.760 bits per heavy atom. The van der Waals surface area contributed by atoms with Crippen molar-refractivity contribution in [3.05, 3.63) is 96.1 Å². The van der Waals surface area contributed by atoms with Gasteiger partial charge in [0, 0.05) is 5.71 Å². The zero-order chi connectivity index (χ0) is 16.1. The van der Waals surface area contributed by atoms with Crippen LogP contribution >= 0.6 is 0 Å². The number of aliphatic imine (C=N–C) groups is 1. The first-order chi connectivity index (χ1) is 11.2. The molecule has 0 fully saturated rings. The van der Waals surface area contributed by atoms with Crippen molar-refractivity contribution in [3.8, 4) is 5.75 Å². The Bertz CT molecular complexity index is 790. The molecular weight excluding hydrogens is 361 g/mol. The SMILES string of the molecule is O.[Ni+2].[O-]c1ccc(N=C(c2ccccc2)C([O-])c2ccccc2)cc1. The Labute approximate surface area is 156 Å². The van der Waals surface area contributed by atoms with E-state index in [4.69, 9.17) is 0 Å². The zero-order valence-electron chi connectivity index (χ0n) is 13.2. The summed E-state index contributed by atoms with van der Waals surface area (Å²) in [7, 11) is 0. The summed E-state index contributed by atoms with van der Waals surface area (Å²) >= 11 is 0. The van der Waals surface area contributed by atoms with Gasteiger partial charge in [-0.05, 0) is 17.7 Å². The summed E-state index contributed by atoms with van der Waals surface area (Å²) in [5.41, 5.74) is 2.48. The van der Waals surface area contributed by atoms with Crippen molar-refractivity contribution < 1.29 is 32.2 Å². The second-order valence-corrected chi connectivity index (χ2v) is 5.15. The van der Waals surface area contributed by atoms with E-state index < -0.39 is 6.10 Å². The molecule has 5 heteroatoms. The zero-order valence-corrected chi connectivity index (χ0v) is 14.2. The Morgan fingerprint density at radius 3 is 1.84 bits per heavy atom. The van der Waals surface area contributed by atoms with E-state index in [1.807, 2.05) is 48.5 Å². The molecule has 0 aliphatic heterocycles. The van der Waals surface area contributed by atoms with Gasteiger partial charge in [0.15, 0.2) is 0 Å². The molecule has 3 aromatic rings. The second-order valence-electron chi connectivity index (χ2n) is 5.15. The maximum absolute atomic E-state index is 12.9. The molecule has 3 rings (SSSR count). The van der Waals surface area contributed by atoms with Gasteiger partial charge in [0.1, 0.15) is 0 Å². The van der Waals surface area contributed by atoms with Gasteiger partial charge in [-0.3, -0.25) is 4.99 Å². The van der Waals surface area contributed by atoms with Crippen LogP contribution in [-0.2, 0) is 16.5 Å². The summed E-state index contributed by atoms with van der Waals surface area (Å²) in [5.74, 6) is -0.0769. The van der Waals surface area contributed by atoms with Gasteiger partial charge < -0.3 is 15.7 Å². The summed E-state index contributed by atoms with van der Waals surface area (Å²) in [5, 5.41) is 24.1. The molecule has 0 spiro atoms. The summed E-state index contributed by atoms with van der Waals surface area (Å²) in [6.45, 7) is 0. The first-order valence-electron chi connectivity index (χ1n) is 7.36. The fourth-order valence-corrected chi connectivity index (χ4v) is 2.33. The summed E-state index contributed by atoms with van der Waals surface area (Å²) in [6.07, 6.45) is -1.09. The Hall–Kier alpha value is -2.46. The average molecular weight is 378 g/mol. The third kappa shape index (κ3) is 5.26. The summed E-state index contributed by atoms with van der Waals surface area (Å²) in [4.78, 5) is 4.51. The maximum atomic E-state index is 12.9. The van der Waals surface area contributed by atoms with E-state index in [9.17, 15) is 10.2 Å². The molecule has 0 saturated heterocycles. The fraction of sp³-hybridized carbons (Fsp3) is 0.0500. The van der Waals surface area contributed by atoms with E-state index in [0.717, 1.165) is 5.56 Å². The molecule has 25 heavy (non-hydrogen) atoms. The van der Waals surface area contributed by atoms with Crippen molar-refractivity contribution in [3.63, 3.8) is 0 Å². The molecule has 0 aliphatic rings. The molecule has 0 bridgehead atoms. The first kappa shape index (κ1) is 20.6. The van der Waals surface area contributed by atoms with Crippen molar-refractivity contribution in [2.75, 3.05) is 0 Å². The van der Waals surface area contributed by atoms with Gasteiger partial charge in [0.2, 0.25) is 0 Å². The number of nitrogens with zero attached hydrogens (tertiary/aromatic N) is 1. The van der Waals surface area contributed by atoms with Gasteiger partial charge in [-0.2, -0.15) is 0 Å². The van der Waals surface area contributed by atoms with Crippen LogP contribution in [0.5, 0.6) is 5.75 Å². The Balaban J connectivity index is 0.00000156. The molecule has 0 aliphatic carbocycles. The van der Waals surface area contributed by atoms with Crippen molar-refractivity contribution in [1.82, 2.24) is 0 Å². The van der Waals surface area contributed by atoms with Crippen LogP contribution in [0, 0.1) is 0 Å². The van der Waals surface area contributed by atoms with E-state index >= 15 is 0 Å². The van der Waals surface area contributed by atoms with E-state index in [1.165, 1.54) is 12.1 Å². The molecule has 130 valence electrons.